The number of benzene rings is 3. The maximum atomic E-state index is 13.6. The van der Waals surface area contributed by atoms with Crippen molar-refractivity contribution in [1.82, 2.24) is 9.55 Å². The number of carbonyl (C=O) groups is 1. The third-order valence-electron chi connectivity index (χ3n) is 6.31. The van der Waals surface area contributed by atoms with Crippen LogP contribution < -0.4 is 19.5 Å². The van der Waals surface area contributed by atoms with E-state index in [4.69, 9.17) is 23.9 Å². The Morgan fingerprint density at radius 3 is 2.39 bits per heavy atom. The van der Waals surface area contributed by atoms with Gasteiger partial charge in [-0.1, -0.05) is 24.3 Å². The van der Waals surface area contributed by atoms with E-state index >= 15 is 0 Å². The number of para-hydroxylation sites is 2. The van der Waals surface area contributed by atoms with Crippen molar-refractivity contribution in [3.63, 3.8) is 0 Å². The molecule has 8 nitrogen and oxygen atoms in total. The number of methoxy groups -OCH3 is 3. The monoisotopic (exact) mass is 485 g/mol. The van der Waals surface area contributed by atoms with E-state index in [1.165, 1.54) is 0 Å². The quantitative estimate of drug-likeness (QED) is 0.365. The van der Waals surface area contributed by atoms with Crippen molar-refractivity contribution >= 4 is 23.0 Å². The molecule has 0 radical (unpaired) electrons. The van der Waals surface area contributed by atoms with Gasteiger partial charge in [-0.05, 0) is 48.9 Å². The first-order chi connectivity index (χ1) is 17.5. The van der Waals surface area contributed by atoms with Crippen molar-refractivity contribution in [2.45, 2.75) is 19.6 Å². The zero-order valence-corrected chi connectivity index (χ0v) is 20.6. The summed E-state index contributed by atoms with van der Waals surface area (Å²) in [7, 11) is 4.82. The Morgan fingerprint density at radius 1 is 0.944 bits per heavy atom. The lowest BCUT2D eigenvalue weighted by Crippen LogP contribution is -2.29. The molecule has 0 fully saturated rings. The summed E-state index contributed by atoms with van der Waals surface area (Å²) in [5.74, 6) is 2.21. The Balaban J connectivity index is 1.59. The molecule has 1 N–H and O–H groups in total. The van der Waals surface area contributed by atoms with Gasteiger partial charge in [0.1, 0.15) is 23.9 Å². The highest BCUT2D eigenvalue weighted by Crippen LogP contribution is 2.43. The van der Waals surface area contributed by atoms with Crippen LogP contribution in [0, 0.1) is 0 Å². The molecule has 5 rings (SSSR count). The summed E-state index contributed by atoms with van der Waals surface area (Å²) in [5.41, 5.74) is 4.50. The highest BCUT2D eigenvalue weighted by atomic mass is 16.5. The van der Waals surface area contributed by atoms with Gasteiger partial charge < -0.3 is 24.3 Å². The van der Waals surface area contributed by atoms with Crippen molar-refractivity contribution in [1.29, 1.82) is 0 Å². The summed E-state index contributed by atoms with van der Waals surface area (Å²) in [5, 5.41) is 3.30. The molecule has 2 heterocycles. The first kappa shape index (κ1) is 23.3. The fourth-order valence-electron chi connectivity index (χ4n) is 4.52. The van der Waals surface area contributed by atoms with Crippen LogP contribution in [0.25, 0.3) is 11.0 Å². The van der Waals surface area contributed by atoms with Crippen LogP contribution in [0.1, 0.15) is 24.1 Å². The summed E-state index contributed by atoms with van der Waals surface area (Å²) < 4.78 is 24.2. The van der Waals surface area contributed by atoms with Crippen LogP contribution in [0.15, 0.2) is 78.0 Å². The number of nitrogens with one attached hydrogen (secondary N) is 1. The summed E-state index contributed by atoms with van der Waals surface area (Å²) in [4.78, 5) is 18.4. The zero-order valence-electron chi connectivity index (χ0n) is 20.6. The number of rotatable bonds is 7. The number of anilines is 1. The Morgan fingerprint density at radius 2 is 1.67 bits per heavy atom. The molecule has 0 amide bonds. The molecular weight excluding hydrogens is 458 g/mol. The minimum absolute atomic E-state index is 0.129. The SMILES string of the molecule is COc1ccc(COC(=O)C2=C(C)Nc3nc4ccccc4n3C2c2ccc(OC)cc2OC)cc1. The molecule has 0 bridgehead atoms. The van der Waals surface area contributed by atoms with E-state index in [0.29, 0.717) is 28.7 Å². The van der Waals surface area contributed by atoms with Gasteiger partial charge in [-0.2, -0.15) is 0 Å². The van der Waals surface area contributed by atoms with Gasteiger partial charge in [0.05, 0.1) is 44.0 Å². The van der Waals surface area contributed by atoms with Gasteiger partial charge in [-0.15, -0.1) is 0 Å². The molecule has 36 heavy (non-hydrogen) atoms. The molecule has 1 unspecified atom stereocenters. The lowest BCUT2D eigenvalue weighted by molar-refractivity contribution is -0.140. The molecular formula is C28H27N3O5. The summed E-state index contributed by atoms with van der Waals surface area (Å²) in [6, 6.07) is 20.3. The Bertz CT molecular complexity index is 1460. The average Bonchev–Trinajstić information content (AvgIpc) is 3.28. The van der Waals surface area contributed by atoms with Crippen LogP contribution in [0.5, 0.6) is 17.2 Å². The normalized spacial score (nSPS) is 14.7. The molecule has 0 saturated heterocycles. The molecule has 8 heteroatoms. The Hall–Kier alpha value is -4.46. The number of hydrogen-bond acceptors (Lipinski definition) is 7. The number of ether oxygens (including phenoxy) is 4. The maximum Gasteiger partial charge on any atom is 0.338 e. The lowest BCUT2D eigenvalue weighted by Gasteiger charge is -2.31. The van der Waals surface area contributed by atoms with Gasteiger partial charge in [-0.3, -0.25) is 4.57 Å². The second kappa shape index (κ2) is 9.65. The van der Waals surface area contributed by atoms with Crippen molar-refractivity contribution in [3.8, 4) is 17.2 Å². The topological polar surface area (TPSA) is 83.8 Å². The highest BCUT2D eigenvalue weighted by molar-refractivity contribution is 5.94. The van der Waals surface area contributed by atoms with Crippen LogP contribution in [-0.2, 0) is 16.1 Å². The van der Waals surface area contributed by atoms with E-state index in [-0.39, 0.29) is 6.61 Å². The van der Waals surface area contributed by atoms with Crippen LogP contribution in [-0.4, -0.2) is 36.8 Å². The van der Waals surface area contributed by atoms with Crippen molar-refractivity contribution in [3.05, 3.63) is 89.1 Å². The van der Waals surface area contributed by atoms with Gasteiger partial charge in [0.25, 0.3) is 0 Å². The van der Waals surface area contributed by atoms with Gasteiger partial charge in [0.15, 0.2) is 0 Å². The number of hydrogen-bond donors (Lipinski definition) is 1. The third kappa shape index (κ3) is 4.11. The minimum atomic E-state index is -0.530. The molecule has 0 aliphatic carbocycles. The predicted molar refractivity (Wildman–Crippen MR) is 137 cm³/mol. The smallest absolute Gasteiger partial charge is 0.338 e. The number of aromatic nitrogens is 2. The molecule has 0 saturated carbocycles. The summed E-state index contributed by atoms with van der Waals surface area (Å²) in [6.07, 6.45) is 0. The van der Waals surface area contributed by atoms with E-state index in [1.807, 2.05) is 78.2 Å². The van der Waals surface area contributed by atoms with E-state index in [2.05, 4.69) is 5.32 Å². The maximum absolute atomic E-state index is 13.6. The third-order valence-corrected chi connectivity index (χ3v) is 6.31. The standard InChI is InChI=1S/C28H27N3O5/c1-17-25(27(32)36-16-18-9-11-19(33-2)12-10-18)26(21-14-13-20(34-3)15-24(21)35-4)31-23-8-6-5-7-22(23)30-28(31)29-17/h5-15,26H,16H2,1-4H3,(H,29,30). The van der Waals surface area contributed by atoms with E-state index in [9.17, 15) is 4.79 Å². The van der Waals surface area contributed by atoms with Gasteiger partial charge in [0, 0.05) is 17.3 Å². The fraction of sp³-hybridized carbons (Fsp3) is 0.214. The van der Waals surface area contributed by atoms with Crippen LogP contribution in [0.2, 0.25) is 0 Å². The van der Waals surface area contributed by atoms with Crippen LogP contribution in [0.3, 0.4) is 0 Å². The zero-order chi connectivity index (χ0) is 25.2. The Kier molecular flexibility index (Phi) is 6.25. The highest BCUT2D eigenvalue weighted by Gasteiger charge is 2.36. The number of carbonyl (C=O) groups excluding carboxylic acids is 1. The first-order valence-corrected chi connectivity index (χ1v) is 11.5. The molecule has 1 aliphatic heterocycles. The second-order valence-corrected chi connectivity index (χ2v) is 8.39. The van der Waals surface area contributed by atoms with Gasteiger partial charge in [-0.25, -0.2) is 9.78 Å². The number of imidazole rings is 1. The van der Waals surface area contributed by atoms with Crippen LogP contribution in [0.4, 0.5) is 5.95 Å². The average molecular weight is 486 g/mol. The molecule has 0 spiro atoms. The van der Waals surface area contributed by atoms with E-state index in [0.717, 1.165) is 27.9 Å². The lowest BCUT2D eigenvalue weighted by atomic mass is 9.94. The molecule has 1 aromatic heterocycles. The largest absolute Gasteiger partial charge is 0.497 e. The van der Waals surface area contributed by atoms with Crippen molar-refractivity contribution in [2.24, 2.45) is 0 Å². The number of nitrogens with zero attached hydrogens (tertiary/aromatic N) is 2. The van der Waals surface area contributed by atoms with E-state index in [1.54, 1.807) is 21.3 Å². The van der Waals surface area contributed by atoms with Gasteiger partial charge in [0.2, 0.25) is 5.95 Å². The van der Waals surface area contributed by atoms with Crippen molar-refractivity contribution < 1.29 is 23.7 Å². The molecule has 1 aliphatic rings. The van der Waals surface area contributed by atoms with Crippen molar-refractivity contribution in [2.75, 3.05) is 26.6 Å². The van der Waals surface area contributed by atoms with Gasteiger partial charge >= 0.3 is 5.97 Å². The predicted octanol–water partition coefficient (Wildman–Crippen LogP) is 5.09. The summed E-state index contributed by atoms with van der Waals surface area (Å²) in [6.45, 7) is 1.99. The van der Waals surface area contributed by atoms with E-state index < -0.39 is 12.0 Å². The number of allylic oxidation sites excluding steroid dienone is 1. The molecule has 4 aromatic rings. The molecule has 1 atom stereocenters. The van der Waals surface area contributed by atoms with Crippen LogP contribution >= 0.6 is 0 Å². The fourth-order valence-corrected chi connectivity index (χ4v) is 4.52. The molecule has 3 aromatic carbocycles. The number of esters is 1. The minimum Gasteiger partial charge on any atom is -0.497 e. The molecule has 184 valence electrons. The second-order valence-electron chi connectivity index (χ2n) is 8.39. The summed E-state index contributed by atoms with van der Waals surface area (Å²) >= 11 is 0. The number of fused-ring (bicyclic) bond motifs is 3. The Labute approximate surface area is 209 Å². The first-order valence-electron chi connectivity index (χ1n) is 11.5.